The molecule has 4 rings (SSSR count). The van der Waals surface area contributed by atoms with Crippen LogP contribution in [0.25, 0.3) is 0 Å². The molecule has 2 fully saturated rings. The monoisotopic (exact) mass is 264 g/mol. The predicted octanol–water partition coefficient (Wildman–Crippen LogP) is 3.04. The molecule has 2 aliphatic heterocycles. The molecule has 0 aromatic carbocycles. The molecule has 3 aliphatic rings. The molecule has 3 unspecified atom stereocenters. The van der Waals surface area contributed by atoms with E-state index in [0.29, 0.717) is 23.3 Å². The highest BCUT2D eigenvalue weighted by Gasteiger charge is 2.43. The molecule has 96 valence electrons. The third-order valence-electron chi connectivity index (χ3n) is 4.59. The van der Waals surface area contributed by atoms with E-state index in [0.717, 1.165) is 31.5 Å². The lowest BCUT2D eigenvalue weighted by Gasteiger charge is -2.21. The van der Waals surface area contributed by atoms with E-state index < -0.39 is 0 Å². The largest absolute Gasteiger partial charge is 0.374 e. The Morgan fingerprint density at radius 3 is 2.78 bits per heavy atom. The second-order valence-electron chi connectivity index (χ2n) is 5.72. The lowest BCUT2D eigenvalue weighted by molar-refractivity contribution is 0.0998. The van der Waals surface area contributed by atoms with Crippen molar-refractivity contribution in [2.75, 3.05) is 0 Å². The van der Waals surface area contributed by atoms with Crippen LogP contribution in [0.2, 0.25) is 5.15 Å². The SMILES string of the molecule is Clc1nc(C2CC3CCC2O3)nc2c1CCCC2. The van der Waals surface area contributed by atoms with Crippen LogP contribution < -0.4 is 0 Å². The molecule has 18 heavy (non-hydrogen) atoms. The van der Waals surface area contributed by atoms with E-state index in [1.54, 1.807) is 0 Å². The average molecular weight is 265 g/mol. The lowest BCUT2D eigenvalue weighted by atomic mass is 9.88. The molecule has 4 heteroatoms. The van der Waals surface area contributed by atoms with Gasteiger partial charge in [0, 0.05) is 17.2 Å². The summed E-state index contributed by atoms with van der Waals surface area (Å²) in [7, 11) is 0. The van der Waals surface area contributed by atoms with Crippen LogP contribution in [-0.2, 0) is 17.6 Å². The number of rotatable bonds is 1. The van der Waals surface area contributed by atoms with E-state index in [2.05, 4.69) is 4.98 Å². The first-order valence-corrected chi connectivity index (χ1v) is 7.39. The van der Waals surface area contributed by atoms with Gasteiger partial charge in [-0.1, -0.05) is 11.6 Å². The van der Waals surface area contributed by atoms with Gasteiger partial charge in [-0.15, -0.1) is 0 Å². The summed E-state index contributed by atoms with van der Waals surface area (Å²) in [6.07, 6.45) is 8.78. The number of fused-ring (bicyclic) bond motifs is 3. The van der Waals surface area contributed by atoms with E-state index in [1.807, 2.05) is 0 Å². The Kier molecular flexibility index (Phi) is 2.59. The summed E-state index contributed by atoms with van der Waals surface area (Å²) in [6, 6.07) is 0. The molecular weight excluding hydrogens is 248 g/mol. The Hall–Kier alpha value is -0.670. The number of hydrogen-bond acceptors (Lipinski definition) is 3. The third kappa shape index (κ3) is 1.68. The van der Waals surface area contributed by atoms with Gasteiger partial charge in [0.25, 0.3) is 0 Å². The maximum absolute atomic E-state index is 6.34. The fourth-order valence-corrected chi connectivity index (χ4v) is 3.93. The first-order chi connectivity index (χ1) is 8.81. The van der Waals surface area contributed by atoms with Crippen LogP contribution in [0.3, 0.4) is 0 Å². The minimum atomic E-state index is 0.340. The van der Waals surface area contributed by atoms with Gasteiger partial charge in [-0.2, -0.15) is 0 Å². The molecule has 0 N–H and O–H groups in total. The number of nitrogens with zero attached hydrogens (tertiary/aromatic N) is 2. The molecule has 1 aromatic heterocycles. The Labute approximate surface area is 112 Å². The molecule has 1 aromatic rings. The van der Waals surface area contributed by atoms with E-state index in [4.69, 9.17) is 21.3 Å². The predicted molar refractivity (Wildman–Crippen MR) is 68.9 cm³/mol. The molecule has 1 aliphatic carbocycles. The van der Waals surface area contributed by atoms with Crippen molar-refractivity contribution in [1.29, 1.82) is 0 Å². The molecule has 0 spiro atoms. The van der Waals surface area contributed by atoms with Crippen LogP contribution in [0.5, 0.6) is 0 Å². The summed E-state index contributed by atoms with van der Waals surface area (Å²) in [5.41, 5.74) is 2.38. The lowest BCUT2D eigenvalue weighted by Crippen LogP contribution is -2.19. The van der Waals surface area contributed by atoms with Gasteiger partial charge in [0.15, 0.2) is 0 Å². The van der Waals surface area contributed by atoms with E-state index in [-0.39, 0.29) is 0 Å². The standard InChI is InChI=1S/C14H17ClN2O/c15-13-9-3-1-2-4-11(9)16-14(17-13)10-7-8-5-6-12(10)18-8/h8,10,12H,1-7H2. The quantitative estimate of drug-likeness (QED) is 0.732. The molecule has 3 nitrogen and oxygen atoms in total. The molecule has 3 heterocycles. The first-order valence-electron chi connectivity index (χ1n) is 7.02. The zero-order valence-corrected chi connectivity index (χ0v) is 11.1. The van der Waals surface area contributed by atoms with E-state index in [9.17, 15) is 0 Å². The minimum Gasteiger partial charge on any atom is -0.374 e. The second kappa shape index (κ2) is 4.17. The fraction of sp³-hybridized carbons (Fsp3) is 0.714. The molecule has 2 bridgehead atoms. The zero-order chi connectivity index (χ0) is 12.1. The van der Waals surface area contributed by atoms with Crippen molar-refractivity contribution < 1.29 is 4.74 Å². The van der Waals surface area contributed by atoms with Crippen LogP contribution in [0, 0.1) is 0 Å². The summed E-state index contributed by atoms with van der Waals surface area (Å²) < 4.78 is 5.90. The maximum atomic E-state index is 6.34. The van der Waals surface area contributed by atoms with Crippen LogP contribution in [0.4, 0.5) is 0 Å². The smallest absolute Gasteiger partial charge is 0.136 e. The molecular formula is C14H17ClN2O. The zero-order valence-electron chi connectivity index (χ0n) is 10.4. The van der Waals surface area contributed by atoms with Gasteiger partial charge in [0.1, 0.15) is 11.0 Å². The number of halogens is 1. The molecule has 3 atom stereocenters. The second-order valence-corrected chi connectivity index (χ2v) is 6.08. The number of ether oxygens (including phenoxy) is 1. The topological polar surface area (TPSA) is 35.0 Å². The van der Waals surface area contributed by atoms with Crippen molar-refractivity contribution >= 4 is 11.6 Å². The Morgan fingerprint density at radius 1 is 1.11 bits per heavy atom. The highest BCUT2D eigenvalue weighted by atomic mass is 35.5. The van der Waals surface area contributed by atoms with Crippen molar-refractivity contribution in [2.24, 2.45) is 0 Å². The van der Waals surface area contributed by atoms with Crippen LogP contribution in [-0.4, -0.2) is 22.2 Å². The summed E-state index contributed by atoms with van der Waals surface area (Å²) >= 11 is 6.34. The Bertz CT molecular complexity index is 491. The van der Waals surface area contributed by atoms with E-state index in [1.165, 1.54) is 30.5 Å². The van der Waals surface area contributed by atoms with Gasteiger partial charge >= 0.3 is 0 Å². The van der Waals surface area contributed by atoms with Gasteiger partial charge in [0.05, 0.1) is 12.2 Å². The van der Waals surface area contributed by atoms with Crippen molar-refractivity contribution in [1.82, 2.24) is 9.97 Å². The summed E-state index contributed by atoms with van der Waals surface area (Å²) in [5, 5.41) is 0.692. The highest BCUT2D eigenvalue weighted by molar-refractivity contribution is 6.30. The van der Waals surface area contributed by atoms with Gasteiger partial charge in [-0.05, 0) is 44.9 Å². The summed E-state index contributed by atoms with van der Waals surface area (Å²) in [6.45, 7) is 0. The van der Waals surface area contributed by atoms with Crippen molar-refractivity contribution in [3.05, 3.63) is 22.2 Å². The normalized spacial score (nSPS) is 33.7. The highest BCUT2D eigenvalue weighted by Crippen LogP contribution is 2.44. The van der Waals surface area contributed by atoms with Crippen molar-refractivity contribution in [3.8, 4) is 0 Å². The van der Waals surface area contributed by atoms with Crippen LogP contribution >= 0.6 is 11.6 Å². The van der Waals surface area contributed by atoms with Crippen molar-refractivity contribution in [3.63, 3.8) is 0 Å². The Balaban J connectivity index is 1.71. The minimum absolute atomic E-state index is 0.340. The molecule has 2 saturated heterocycles. The average Bonchev–Trinajstić information content (AvgIpc) is 3.01. The van der Waals surface area contributed by atoms with Gasteiger partial charge in [-0.25, -0.2) is 9.97 Å². The van der Waals surface area contributed by atoms with Gasteiger partial charge < -0.3 is 4.74 Å². The molecule has 0 amide bonds. The molecule has 0 radical (unpaired) electrons. The Morgan fingerprint density at radius 2 is 2.00 bits per heavy atom. The van der Waals surface area contributed by atoms with Gasteiger partial charge in [0.2, 0.25) is 0 Å². The maximum Gasteiger partial charge on any atom is 0.136 e. The summed E-state index contributed by atoms with van der Waals surface area (Å²) in [5.74, 6) is 1.32. The number of aromatic nitrogens is 2. The third-order valence-corrected chi connectivity index (χ3v) is 4.90. The number of hydrogen-bond donors (Lipinski definition) is 0. The fourth-order valence-electron chi connectivity index (χ4n) is 3.64. The molecule has 0 saturated carbocycles. The van der Waals surface area contributed by atoms with Crippen molar-refractivity contribution in [2.45, 2.75) is 63.1 Å². The van der Waals surface area contributed by atoms with E-state index >= 15 is 0 Å². The number of aryl methyl sites for hydroxylation is 1. The first kappa shape index (κ1) is 11.2. The van der Waals surface area contributed by atoms with Crippen LogP contribution in [0.1, 0.15) is 55.1 Å². The van der Waals surface area contributed by atoms with Gasteiger partial charge in [-0.3, -0.25) is 0 Å². The van der Waals surface area contributed by atoms with Crippen LogP contribution in [0.15, 0.2) is 0 Å². The summed E-state index contributed by atoms with van der Waals surface area (Å²) in [4.78, 5) is 9.36.